The van der Waals surface area contributed by atoms with Crippen LogP contribution in [0.25, 0.3) is 11.1 Å². The predicted molar refractivity (Wildman–Crippen MR) is 89.9 cm³/mol. The summed E-state index contributed by atoms with van der Waals surface area (Å²) in [6.07, 6.45) is 0. The number of Topliss-reactive ketones (excluding diaryl/α,β-unsaturated/α-hetero) is 2. The zero-order valence-electron chi connectivity index (χ0n) is 13.5. The Morgan fingerprint density at radius 2 is 1.67 bits per heavy atom. The summed E-state index contributed by atoms with van der Waals surface area (Å²) >= 11 is 1.12. The number of hydrogen-bond acceptors (Lipinski definition) is 6. The second-order valence-electron chi connectivity index (χ2n) is 5.82. The van der Waals surface area contributed by atoms with Crippen molar-refractivity contribution >= 4 is 23.6 Å². The Bertz CT molecular complexity index is 796. The Kier molecular flexibility index (Phi) is 4.45. The van der Waals surface area contributed by atoms with Gasteiger partial charge in [-0.15, -0.1) is 0 Å². The molecule has 0 aliphatic carbocycles. The van der Waals surface area contributed by atoms with E-state index in [9.17, 15) is 9.59 Å². The largest absolute Gasteiger partial charge is 0.479 e. The van der Waals surface area contributed by atoms with Gasteiger partial charge in [-0.3, -0.25) is 9.59 Å². The van der Waals surface area contributed by atoms with Crippen LogP contribution in [0.15, 0.2) is 47.4 Å². The quantitative estimate of drug-likeness (QED) is 0.363. The molecular weight excluding hydrogens is 328 g/mol. The molecule has 3 rings (SSSR count). The van der Waals surface area contributed by atoms with Gasteiger partial charge < -0.3 is 4.74 Å². The highest BCUT2D eigenvalue weighted by atomic mass is 32.2. The van der Waals surface area contributed by atoms with Gasteiger partial charge in [-0.25, -0.2) is 4.89 Å². The van der Waals surface area contributed by atoms with Crippen LogP contribution in [0.2, 0.25) is 0 Å². The lowest BCUT2D eigenvalue weighted by Gasteiger charge is -2.30. The second-order valence-corrected chi connectivity index (χ2v) is 6.60. The zero-order valence-corrected chi connectivity index (χ0v) is 14.3. The van der Waals surface area contributed by atoms with E-state index in [1.807, 2.05) is 24.3 Å². The number of ketones is 2. The lowest BCUT2D eigenvalue weighted by Crippen LogP contribution is -2.46. The summed E-state index contributed by atoms with van der Waals surface area (Å²) in [5.41, 5.74) is 1.03. The first kappa shape index (κ1) is 16.7. The Balaban J connectivity index is 1.92. The average Bonchev–Trinajstić information content (AvgIpc) is 2.58. The van der Waals surface area contributed by atoms with Gasteiger partial charge in [0.25, 0.3) is 0 Å². The molecule has 2 aromatic rings. The van der Waals surface area contributed by atoms with Gasteiger partial charge in [0.05, 0.1) is 24.7 Å². The standard InChI is InChI=1S/C18H16O5S/c1-18(2)17(20)16(19)14-9-6-12(10-15(14)22-18)11-4-7-13(8-5-11)24-23-21-3/h4-10H,1-3H3. The summed E-state index contributed by atoms with van der Waals surface area (Å²) in [5.74, 6) is -0.596. The Labute approximate surface area is 144 Å². The van der Waals surface area contributed by atoms with Crippen LogP contribution in [0, 0.1) is 0 Å². The lowest BCUT2D eigenvalue weighted by molar-refractivity contribution is -0.160. The molecule has 124 valence electrons. The van der Waals surface area contributed by atoms with Crippen LogP contribution in [-0.2, 0) is 14.0 Å². The van der Waals surface area contributed by atoms with Crippen LogP contribution in [0.1, 0.15) is 24.2 Å². The van der Waals surface area contributed by atoms with Gasteiger partial charge >= 0.3 is 0 Å². The molecule has 5 nitrogen and oxygen atoms in total. The van der Waals surface area contributed by atoms with E-state index in [2.05, 4.69) is 4.89 Å². The summed E-state index contributed by atoms with van der Waals surface area (Å²) in [4.78, 5) is 29.6. The van der Waals surface area contributed by atoms with Crippen molar-refractivity contribution in [3.05, 3.63) is 48.0 Å². The number of ether oxygens (including phenoxy) is 1. The summed E-state index contributed by atoms with van der Waals surface area (Å²) < 4.78 is 10.5. The van der Waals surface area contributed by atoms with E-state index in [0.29, 0.717) is 11.3 Å². The monoisotopic (exact) mass is 344 g/mol. The van der Waals surface area contributed by atoms with E-state index in [-0.39, 0.29) is 0 Å². The number of carbonyl (C=O) groups excluding carboxylic acids is 2. The predicted octanol–water partition coefficient (Wildman–Crippen LogP) is 3.86. The molecule has 24 heavy (non-hydrogen) atoms. The van der Waals surface area contributed by atoms with Crippen molar-refractivity contribution in [1.82, 2.24) is 0 Å². The van der Waals surface area contributed by atoms with E-state index < -0.39 is 17.2 Å². The molecule has 0 unspecified atom stereocenters. The minimum atomic E-state index is -1.14. The maximum atomic E-state index is 12.2. The van der Waals surface area contributed by atoms with E-state index in [1.54, 1.807) is 32.0 Å². The van der Waals surface area contributed by atoms with E-state index in [4.69, 9.17) is 9.07 Å². The molecular formula is C18H16O5S. The molecule has 1 heterocycles. The molecule has 0 saturated heterocycles. The van der Waals surface area contributed by atoms with Gasteiger partial charge in [0.2, 0.25) is 11.6 Å². The fraction of sp³-hybridized carbons (Fsp3) is 0.222. The Morgan fingerprint density at radius 1 is 1.00 bits per heavy atom. The Morgan fingerprint density at radius 3 is 2.33 bits per heavy atom. The number of carbonyl (C=O) groups is 2. The van der Waals surface area contributed by atoms with Gasteiger partial charge in [-0.05, 0) is 49.2 Å². The molecule has 0 bridgehead atoms. The molecule has 2 aromatic carbocycles. The molecule has 0 saturated carbocycles. The Hall–Kier alpha value is -2.15. The molecule has 6 heteroatoms. The van der Waals surface area contributed by atoms with Gasteiger partial charge in [-0.1, -0.05) is 18.2 Å². The van der Waals surface area contributed by atoms with Crippen LogP contribution < -0.4 is 4.74 Å². The van der Waals surface area contributed by atoms with Gasteiger partial charge in [0.1, 0.15) is 5.75 Å². The molecule has 0 fully saturated rings. The van der Waals surface area contributed by atoms with Crippen molar-refractivity contribution in [2.45, 2.75) is 24.3 Å². The van der Waals surface area contributed by atoms with Gasteiger partial charge in [0, 0.05) is 4.90 Å². The third-order valence-corrected chi connectivity index (χ3v) is 4.40. The van der Waals surface area contributed by atoms with Crippen LogP contribution >= 0.6 is 12.0 Å². The number of hydrogen-bond donors (Lipinski definition) is 0. The van der Waals surface area contributed by atoms with Crippen molar-refractivity contribution in [2.24, 2.45) is 0 Å². The third kappa shape index (κ3) is 3.08. The van der Waals surface area contributed by atoms with E-state index in [0.717, 1.165) is 28.1 Å². The van der Waals surface area contributed by atoms with Crippen molar-refractivity contribution in [2.75, 3.05) is 7.11 Å². The molecule has 0 aromatic heterocycles. The normalized spacial score (nSPS) is 15.8. The lowest BCUT2D eigenvalue weighted by atomic mass is 9.90. The van der Waals surface area contributed by atoms with Crippen LogP contribution in [0.4, 0.5) is 0 Å². The molecule has 0 N–H and O–H groups in total. The van der Waals surface area contributed by atoms with Crippen molar-refractivity contribution < 1.29 is 23.5 Å². The molecule has 1 aliphatic heterocycles. The summed E-state index contributed by atoms with van der Waals surface area (Å²) in [7, 11) is 1.45. The maximum Gasteiger partial charge on any atom is 0.246 e. The van der Waals surface area contributed by atoms with Crippen molar-refractivity contribution in [1.29, 1.82) is 0 Å². The summed E-state index contributed by atoms with van der Waals surface area (Å²) in [6, 6.07) is 12.9. The molecule has 1 aliphatic rings. The second kappa shape index (κ2) is 6.39. The van der Waals surface area contributed by atoms with E-state index in [1.165, 1.54) is 7.11 Å². The number of fused-ring (bicyclic) bond motifs is 1. The highest BCUT2D eigenvalue weighted by molar-refractivity contribution is 7.94. The topological polar surface area (TPSA) is 61.8 Å². The van der Waals surface area contributed by atoms with Crippen molar-refractivity contribution in [3.63, 3.8) is 0 Å². The average molecular weight is 344 g/mol. The number of rotatable bonds is 4. The fourth-order valence-electron chi connectivity index (χ4n) is 2.47. The van der Waals surface area contributed by atoms with Gasteiger partial charge in [0.15, 0.2) is 5.60 Å². The SMILES string of the molecule is COOSc1ccc(-c2ccc3c(c2)OC(C)(C)C(=O)C3=O)cc1. The first-order valence-electron chi connectivity index (χ1n) is 7.32. The molecule has 0 radical (unpaired) electrons. The molecule has 0 spiro atoms. The van der Waals surface area contributed by atoms with Crippen LogP contribution in [0.3, 0.4) is 0 Å². The minimum absolute atomic E-state index is 0.309. The summed E-state index contributed by atoms with van der Waals surface area (Å²) in [6.45, 7) is 3.20. The minimum Gasteiger partial charge on any atom is -0.479 e. The first-order chi connectivity index (χ1) is 11.4. The first-order valence-corrected chi connectivity index (χ1v) is 8.06. The van der Waals surface area contributed by atoms with Gasteiger partial charge in [-0.2, -0.15) is 4.33 Å². The highest BCUT2D eigenvalue weighted by Crippen LogP contribution is 2.35. The highest BCUT2D eigenvalue weighted by Gasteiger charge is 2.41. The fourth-order valence-corrected chi connectivity index (χ4v) is 2.86. The number of benzene rings is 2. The summed E-state index contributed by atoms with van der Waals surface area (Å²) in [5, 5.41) is 0. The molecule has 0 atom stereocenters. The smallest absolute Gasteiger partial charge is 0.246 e. The zero-order chi connectivity index (χ0) is 17.3. The van der Waals surface area contributed by atoms with Crippen LogP contribution in [-0.4, -0.2) is 24.3 Å². The van der Waals surface area contributed by atoms with E-state index >= 15 is 0 Å². The maximum absolute atomic E-state index is 12.2. The van der Waals surface area contributed by atoms with Crippen molar-refractivity contribution in [3.8, 4) is 16.9 Å². The molecule has 0 amide bonds. The third-order valence-electron chi connectivity index (χ3n) is 3.73. The van der Waals surface area contributed by atoms with Crippen LogP contribution in [0.5, 0.6) is 5.75 Å².